The molecular weight excluding hydrogens is 413 g/mol. The fraction of sp³-hybridized carbons (Fsp3) is 0.190. The van der Waals surface area contributed by atoms with Crippen LogP contribution in [0.5, 0.6) is 0 Å². The Bertz CT molecular complexity index is 1080. The summed E-state index contributed by atoms with van der Waals surface area (Å²) < 4.78 is 2.14. The molecule has 0 radical (unpaired) electrons. The number of benzene rings is 2. The third-order valence-corrected chi connectivity index (χ3v) is 5.66. The number of hydrogen-bond acceptors (Lipinski definition) is 3. The molecule has 2 aromatic carbocycles. The van der Waals surface area contributed by atoms with Gasteiger partial charge in [-0.2, -0.15) is 0 Å². The Morgan fingerprint density at radius 1 is 1.07 bits per heavy atom. The number of aromatic nitrogens is 1. The second-order valence-electron chi connectivity index (χ2n) is 6.85. The highest BCUT2D eigenvalue weighted by molar-refractivity contribution is 6.34. The number of aryl methyl sites for hydroxylation is 1. The number of non-ortho nitro benzene ring substituents is 1. The maximum Gasteiger partial charge on any atom is 0.270 e. The van der Waals surface area contributed by atoms with Crippen LogP contribution in [0.1, 0.15) is 34.1 Å². The highest BCUT2D eigenvalue weighted by atomic mass is 35.5. The first kappa shape index (κ1) is 19.5. The predicted molar refractivity (Wildman–Crippen MR) is 111 cm³/mol. The van der Waals surface area contributed by atoms with Gasteiger partial charge in [-0.25, -0.2) is 0 Å². The third kappa shape index (κ3) is 3.73. The largest absolute Gasteiger partial charge is 0.349 e. The molecule has 3 aromatic rings. The molecule has 0 aliphatic carbocycles. The minimum Gasteiger partial charge on any atom is -0.349 e. The lowest BCUT2D eigenvalue weighted by atomic mass is 10.0. The third-order valence-electron chi connectivity index (χ3n) is 5.10. The van der Waals surface area contributed by atoms with E-state index in [1.165, 1.54) is 18.2 Å². The number of carbonyl (C=O) groups is 1. The van der Waals surface area contributed by atoms with E-state index < -0.39 is 4.92 Å². The average molecular weight is 430 g/mol. The van der Waals surface area contributed by atoms with Crippen LogP contribution in [0.3, 0.4) is 0 Å². The van der Waals surface area contributed by atoms with Gasteiger partial charge >= 0.3 is 0 Å². The summed E-state index contributed by atoms with van der Waals surface area (Å²) in [6.45, 7) is 1.32. The molecule has 0 bridgehead atoms. The van der Waals surface area contributed by atoms with Crippen LogP contribution in [0.4, 0.5) is 5.69 Å². The number of halogens is 2. The van der Waals surface area contributed by atoms with Crippen LogP contribution in [0.15, 0.2) is 60.8 Å². The van der Waals surface area contributed by atoms with Gasteiger partial charge in [-0.15, -0.1) is 0 Å². The molecule has 0 saturated carbocycles. The Balaban J connectivity index is 1.79. The summed E-state index contributed by atoms with van der Waals surface area (Å²) in [4.78, 5) is 25.7. The maximum absolute atomic E-state index is 13.5. The lowest BCUT2D eigenvalue weighted by Crippen LogP contribution is -2.36. The molecule has 0 fully saturated rings. The average Bonchev–Trinajstić information content (AvgIpc) is 3.08. The van der Waals surface area contributed by atoms with Gasteiger partial charge in [0.2, 0.25) is 0 Å². The Labute approximate surface area is 177 Å². The van der Waals surface area contributed by atoms with E-state index in [4.69, 9.17) is 23.2 Å². The van der Waals surface area contributed by atoms with Crippen LogP contribution >= 0.6 is 23.2 Å². The Hall–Kier alpha value is -2.83. The quantitative estimate of drug-likeness (QED) is 0.416. The molecule has 1 aliphatic rings. The number of amides is 1. The van der Waals surface area contributed by atoms with Crippen molar-refractivity contribution >= 4 is 34.8 Å². The molecule has 6 nitrogen and oxygen atoms in total. The van der Waals surface area contributed by atoms with Gasteiger partial charge in [-0.1, -0.05) is 35.3 Å². The van der Waals surface area contributed by atoms with E-state index in [0.717, 1.165) is 24.2 Å². The van der Waals surface area contributed by atoms with E-state index in [1.807, 2.05) is 30.5 Å². The van der Waals surface area contributed by atoms with Crippen molar-refractivity contribution in [2.75, 3.05) is 6.54 Å². The van der Waals surface area contributed by atoms with E-state index in [-0.39, 0.29) is 28.2 Å². The molecule has 8 heteroatoms. The standard InChI is InChI=1S/C21H17Cl2N3O3/c22-15-6-4-14(5-7-15)20-19-3-1-10-24(19)11-2-12-25(20)21(27)17-9-8-16(26(28)29)13-18(17)23/h1,3-10,13,20H,2,11-12H2. The van der Waals surface area contributed by atoms with Crippen molar-refractivity contribution in [3.05, 3.63) is 97.8 Å². The first-order valence-electron chi connectivity index (χ1n) is 9.11. The SMILES string of the molecule is O=C(c1ccc([N+](=O)[O-])cc1Cl)N1CCCn2cccc2C1c1ccc(Cl)cc1. The van der Waals surface area contributed by atoms with Crippen LogP contribution in [0.25, 0.3) is 0 Å². The van der Waals surface area contributed by atoms with Crippen molar-refractivity contribution < 1.29 is 9.72 Å². The first-order chi connectivity index (χ1) is 14.0. The zero-order valence-corrected chi connectivity index (χ0v) is 16.8. The molecule has 4 rings (SSSR count). The zero-order valence-electron chi connectivity index (χ0n) is 15.3. The van der Waals surface area contributed by atoms with Crippen LogP contribution < -0.4 is 0 Å². The predicted octanol–water partition coefficient (Wildman–Crippen LogP) is 5.34. The van der Waals surface area contributed by atoms with E-state index in [1.54, 1.807) is 17.0 Å². The van der Waals surface area contributed by atoms with Gasteiger partial charge in [0, 0.05) is 42.1 Å². The molecule has 148 valence electrons. The minimum atomic E-state index is -0.532. The minimum absolute atomic E-state index is 0.0682. The topological polar surface area (TPSA) is 68.4 Å². The number of nitrogens with zero attached hydrogens (tertiary/aromatic N) is 3. The van der Waals surface area contributed by atoms with Crippen LogP contribution in [0.2, 0.25) is 10.0 Å². The van der Waals surface area contributed by atoms with Crippen molar-refractivity contribution in [2.45, 2.75) is 19.0 Å². The first-order valence-corrected chi connectivity index (χ1v) is 9.86. The van der Waals surface area contributed by atoms with Crippen LogP contribution in [-0.4, -0.2) is 26.8 Å². The summed E-state index contributed by atoms with van der Waals surface area (Å²) in [5.41, 5.74) is 2.03. The molecule has 1 atom stereocenters. The molecule has 0 saturated heterocycles. The number of hydrogen-bond donors (Lipinski definition) is 0. The monoisotopic (exact) mass is 429 g/mol. The lowest BCUT2D eigenvalue weighted by Gasteiger charge is -2.31. The van der Waals surface area contributed by atoms with Gasteiger partial charge in [0.15, 0.2) is 0 Å². The van der Waals surface area contributed by atoms with Gasteiger partial charge in [0.25, 0.3) is 11.6 Å². The summed E-state index contributed by atoms with van der Waals surface area (Å²) in [5, 5.41) is 11.7. The van der Waals surface area contributed by atoms with E-state index >= 15 is 0 Å². The zero-order chi connectivity index (χ0) is 20.5. The number of fused-ring (bicyclic) bond motifs is 1. The number of carbonyl (C=O) groups excluding carboxylic acids is 1. The summed E-state index contributed by atoms with van der Waals surface area (Å²) in [6, 6.07) is 15.0. The van der Waals surface area contributed by atoms with Crippen molar-refractivity contribution in [1.82, 2.24) is 9.47 Å². The molecule has 1 amide bonds. The second kappa shape index (κ2) is 7.89. The fourth-order valence-corrected chi connectivity index (χ4v) is 4.12. The van der Waals surface area contributed by atoms with Crippen molar-refractivity contribution in [1.29, 1.82) is 0 Å². The van der Waals surface area contributed by atoms with Gasteiger partial charge in [0.1, 0.15) is 0 Å². The van der Waals surface area contributed by atoms with Gasteiger partial charge in [-0.05, 0) is 42.3 Å². The Morgan fingerprint density at radius 3 is 2.52 bits per heavy atom. The smallest absolute Gasteiger partial charge is 0.270 e. The summed E-state index contributed by atoms with van der Waals surface area (Å²) in [5.74, 6) is -0.264. The second-order valence-corrected chi connectivity index (χ2v) is 7.70. The number of nitro groups is 1. The normalized spacial score (nSPS) is 16.2. The highest BCUT2D eigenvalue weighted by Crippen LogP contribution is 2.35. The summed E-state index contributed by atoms with van der Waals surface area (Å²) in [6.07, 6.45) is 2.78. The number of rotatable bonds is 3. The summed E-state index contributed by atoms with van der Waals surface area (Å²) >= 11 is 12.3. The van der Waals surface area contributed by atoms with Gasteiger partial charge in [-0.3, -0.25) is 14.9 Å². The maximum atomic E-state index is 13.5. The molecule has 1 aliphatic heterocycles. The fourth-order valence-electron chi connectivity index (χ4n) is 3.74. The van der Waals surface area contributed by atoms with Gasteiger partial charge in [0.05, 0.1) is 21.6 Å². The molecule has 0 spiro atoms. The van der Waals surface area contributed by atoms with Crippen LogP contribution in [0, 0.1) is 10.1 Å². The van der Waals surface area contributed by atoms with E-state index in [0.29, 0.717) is 11.6 Å². The number of nitro benzene ring substituents is 1. The molecule has 2 heterocycles. The molecular formula is C21H17Cl2N3O3. The van der Waals surface area contributed by atoms with E-state index in [2.05, 4.69) is 4.57 Å². The highest BCUT2D eigenvalue weighted by Gasteiger charge is 2.32. The van der Waals surface area contributed by atoms with E-state index in [9.17, 15) is 14.9 Å². The van der Waals surface area contributed by atoms with Crippen molar-refractivity contribution in [3.8, 4) is 0 Å². The van der Waals surface area contributed by atoms with Crippen LogP contribution in [-0.2, 0) is 6.54 Å². The summed E-state index contributed by atoms with van der Waals surface area (Å²) in [7, 11) is 0. The molecule has 1 unspecified atom stereocenters. The lowest BCUT2D eigenvalue weighted by molar-refractivity contribution is -0.384. The Kier molecular flexibility index (Phi) is 5.30. The Morgan fingerprint density at radius 2 is 1.83 bits per heavy atom. The molecule has 29 heavy (non-hydrogen) atoms. The van der Waals surface area contributed by atoms with Gasteiger partial charge < -0.3 is 9.47 Å². The van der Waals surface area contributed by atoms with Crippen molar-refractivity contribution in [3.63, 3.8) is 0 Å². The van der Waals surface area contributed by atoms with Crippen molar-refractivity contribution in [2.24, 2.45) is 0 Å². The molecule has 0 N–H and O–H groups in total. The molecule has 1 aromatic heterocycles.